The van der Waals surface area contributed by atoms with E-state index in [1.807, 2.05) is 0 Å². The lowest BCUT2D eigenvalue weighted by Crippen LogP contribution is -2.60. The van der Waals surface area contributed by atoms with E-state index in [1.165, 1.54) is 115 Å². The second-order valence-electron chi connectivity index (χ2n) is 21.4. The standard InChI is InChI=1S/C53H92O7/c1-8-10-11-12-13-14-15-16-17-18-19-20-21-22-23-24-47(54)58-36-46-48(55)49(56)50(57)51(60-46)59-41-31-33-52(6)40(35-41)27-28-42-44-30-29-43(53(44,7)34-32-45(42)52)38(5)25-26-39(9-2)37(3)4/h25-27,37-39,41-46,48-51,55-57H,8-24,28-36H2,1-7H3/b26-25+/t38-,39+,41+,42-,43+,44-,45+,46+,48+,49-,50+,51+,52+,53-/m1/s1. The Kier molecular flexibility index (Phi) is 20.0. The van der Waals surface area contributed by atoms with E-state index in [2.05, 4.69) is 66.7 Å². The van der Waals surface area contributed by atoms with Crippen molar-refractivity contribution in [3.05, 3.63) is 23.8 Å². The van der Waals surface area contributed by atoms with E-state index in [9.17, 15) is 20.1 Å². The number of carbonyl (C=O) groups is 1. The molecule has 0 amide bonds. The van der Waals surface area contributed by atoms with Gasteiger partial charge >= 0.3 is 5.97 Å². The lowest BCUT2D eigenvalue weighted by Gasteiger charge is -2.58. The van der Waals surface area contributed by atoms with E-state index in [0.717, 1.165) is 62.7 Å². The molecule has 0 unspecified atom stereocenters. The van der Waals surface area contributed by atoms with Crippen molar-refractivity contribution in [3.8, 4) is 0 Å². The van der Waals surface area contributed by atoms with Gasteiger partial charge in [0.05, 0.1) is 6.10 Å². The zero-order valence-electron chi connectivity index (χ0n) is 39.6. The van der Waals surface area contributed by atoms with Crippen LogP contribution in [0.4, 0.5) is 0 Å². The number of hydrogen-bond donors (Lipinski definition) is 3. The molecule has 4 aliphatic carbocycles. The summed E-state index contributed by atoms with van der Waals surface area (Å²) >= 11 is 0. The van der Waals surface area contributed by atoms with Crippen molar-refractivity contribution >= 4 is 5.97 Å². The zero-order chi connectivity index (χ0) is 43.3. The van der Waals surface area contributed by atoms with E-state index in [0.29, 0.717) is 35.5 Å². The van der Waals surface area contributed by atoms with E-state index in [1.54, 1.807) is 0 Å². The maximum absolute atomic E-state index is 12.6. The number of unbranched alkanes of at least 4 members (excludes halogenated alkanes) is 14. The molecule has 0 aromatic carbocycles. The Hall–Kier alpha value is -1.25. The number of carbonyl (C=O) groups excluding carboxylic acids is 1. The fraction of sp³-hybridized carbons (Fsp3) is 0.906. The molecule has 3 saturated carbocycles. The van der Waals surface area contributed by atoms with Gasteiger partial charge in [0.25, 0.3) is 0 Å². The van der Waals surface area contributed by atoms with E-state index < -0.39 is 30.7 Å². The van der Waals surface area contributed by atoms with Crippen LogP contribution in [0.2, 0.25) is 0 Å². The molecule has 1 aliphatic heterocycles. The Labute approximate surface area is 367 Å². The molecule has 7 heteroatoms. The van der Waals surface area contributed by atoms with Gasteiger partial charge in [-0.2, -0.15) is 0 Å². The first-order chi connectivity index (χ1) is 28.8. The third-order valence-electron chi connectivity index (χ3n) is 17.1. The lowest BCUT2D eigenvalue weighted by atomic mass is 9.47. The van der Waals surface area contributed by atoms with Crippen LogP contribution >= 0.6 is 0 Å². The molecule has 60 heavy (non-hydrogen) atoms. The van der Waals surface area contributed by atoms with Gasteiger partial charge in [0.1, 0.15) is 31.0 Å². The number of allylic oxidation sites excluding steroid dienone is 3. The summed E-state index contributed by atoms with van der Waals surface area (Å²) in [6.07, 6.45) is 31.0. The Bertz CT molecular complexity index is 1330. The summed E-state index contributed by atoms with van der Waals surface area (Å²) < 4.78 is 18.0. The van der Waals surface area contributed by atoms with Gasteiger partial charge in [-0.15, -0.1) is 0 Å². The van der Waals surface area contributed by atoms with Crippen LogP contribution in [-0.2, 0) is 19.0 Å². The molecule has 14 atom stereocenters. The maximum Gasteiger partial charge on any atom is 0.305 e. The quantitative estimate of drug-likeness (QED) is 0.0477. The molecule has 3 N–H and O–H groups in total. The molecule has 0 radical (unpaired) electrons. The molecule has 0 aromatic heterocycles. The van der Waals surface area contributed by atoms with Crippen LogP contribution in [0.25, 0.3) is 0 Å². The van der Waals surface area contributed by atoms with E-state index >= 15 is 0 Å². The third-order valence-corrected chi connectivity index (χ3v) is 17.1. The van der Waals surface area contributed by atoms with Crippen LogP contribution in [0.15, 0.2) is 23.8 Å². The van der Waals surface area contributed by atoms with Crippen LogP contribution in [0.3, 0.4) is 0 Å². The van der Waals surface area contributed by atoms with Crippen molar-refractivity contribution < 1.29 is 34.3 Å². The Morgan fingerprint density at radius 1 is 0.783 bits per heavy atom. The average molecular weight is 841 g/mol. The number of esters is 1. The highest BCUT2D eigenvalue weighted by atomic mass is 16.7. The summed E-state index contributed by atoms with van der Waals surface area (Å²) in [5.74, 6) is 4.62. The molecule has 346 valence electrons. The van der Waals surface area contributed by atoms with Crippen molar-refractivity contribution in [3.63, 3.8) is 0 Å². The second kappa shape index (κ2) is 24.2. The van der Waals surface area contributed by atoms with E-state index in [4.69, 9.17) is 14.2 Å². The molecule has 7 nitrogen and oxygen atoms in total. The number of hydrogen-bond acceptors (Lipinski definition) is 7. The van der Waals surface area contributed by atoms with Crippen LogP contribution in [0.1, 0.15) is 209 Å². The first-order valence-corrected chi connectivity index (χ1v) is 25.7. The molecular formula is C53H92O7. The smallest absolute Gasteiger partial charge is 0.305 e. The minimum atomic E-state index is -1.44. The highest BCUT2D eigenvalue weighted by Gasteiger charge is 2.59. The predicted octanol–water partition coefficient (Wildman–Crippen LogP) is 12.4. The molecule has 1 heterocycles. The van der Waals surface area contributed by atoms with Gasteiger partial charge in [0.15, 0.2) is 6.29 Å². The molecule has 5 aliphatic rings. The van der Waals surface area contributed by atoms with Gasteiger partial charge in [-0.1, -0.05) is 162 Å². The third kappa shape index (κ3) is 12.7. The minimum absolute atomic E-state index is 0.147. The topological polar surface area (TPSA) is 105 Å². The van der Waals surface area contributed by atoms with Crippen LogP contribution in [0, 0.1) is 52.3 Å². The van der Waals surface area contributed by atoms with Crippen molar-refractivity contribution in [2.45, 2.75) is 246 Å². The molecule has 0 aromatic rings. The van der Waals surface area contributed by atoms with E-state index in [-0.39, 0.29) is 24.1 Å². The normalized spacial score (nSPS) is 36.4. The van der Waals surface area contributed by atoms with Crippen molar-refractivity contribution in [2.24, 2.45) is 52.3 Å². The maximum atomic E-state index is 12.6. The highest BCUT2D eigenvalue weighted by Crippen LogP contribution is 2.67. The summed E-state index contributed by atoms with van der Waals surface area (Å²) in [6.45, 7) is 16.8. The van der Waals surface area contributed by atoms with Crippen LogP contribution in [-0.4, -0.2) is 64.7 Å². The highest BCUT2D eigenvalue weighted by molar-refractivity contribution is 5.69. The largest absolute Gasteiger partial charge is 0.463 e. The fourth-order valence-corrected chi connectivity index (χ4v) is 13.2. The number of fused-ring (bicyclic) bond motifs is 5. The predicted molar refractivity (Wildman–Crippen MR) is 244 cm³/mol. The summed E-state index contributed by atoms with van der Waals surface area (Å²) in [4.78, 5) is 12.6. The fourth-order valence-electron chi connectivity index (χ4n) is 13.2. The molecule has 0 spiro atoms. The van der Waals surface area contributed by atoms with Crippen molar-refractivity contribution in [2.75, 3.05) is 6.61 Å². The molecule has 0 bridgehead atoms. The second-order valence-corrected chi connectivity index (χ2v) is 21.4. The Balaban J connectivity index is 1.02. The molecular weight excluding hydrogens is 749 g/mol. The Morgan fingerprint density at radius 2 is 1.42 bits per heavy atom. The zero-order valence-corrected chi connectivity index (χ0v) is 39.6. The molecule has 1 saturated heterocycles. The summed E-state index contributed by atoms with van der Waals surface area (Å²) in [5.41, 5.74) is 2.05. The van der Waals surface area contributed by atoms with Crippen LogP contribution in [0.5, 0.6) is 0 Å². The van der Waals surface area contributed by atoms with Gasteiger partial charge in [-0.3, -0.25) is 4.79 Å². The van der Waals surface area contributed by atoms with Gasteiger partial charge in [-0.05, 0) is 116 Å². The lowest BCUT2D eigenvalue weighted by molar-refractivity contribution is -0.313. The van der Waals surface area contributed by atoms with Crippen LogP contribution < -0.4 is 0 Å². The summed E-state index contributed by atoms with van der Waals surface area (Å²) in [7, 11) is 0. The molecule has 5 rings (SSSR count). The first-order valence-electron chi connectivity index (χ1n) is 25.7. The van der Waals surface area contributed by atoms with Crippen molar-refractivity contribution in [1.82, 2.24) is 0 Å². The number of aliphatic hydroxyl groups is 3. The Morgan fingerprint density at radius 3 is 2.03 bits per heavy atom. The van der Waals surface area contributed by atoms with Gasteiger partial charge < -0.3 is 29.5 Å². The number of rotatable bonds is 25. The van der Waals surface area contributed by atoms with Gasteiger partial charge in [0.2, 0.25) is 0 Å². The number of ether oxygens (including phenoxy) is 3. The van der Waals surface area contributed by atoms with Gasteiger partial charge in [0, 0.05) is 6.42 Å². The average Bonchev–Trinajstić information content (AvgIpc) is 3.59. The first kappa shape index (κ1) is 49.8. The minimum Gasteiger partial charge on any atom is -0.463 e. The SMILES string of the molecule is CCCCCCCCCCCCCCCCCC(=O)OC[C@@H]1O[C@H](O[C@H]2CC[C@@]3(C)C(=CC[C@@H]4[C@H]5CC[C@@H]([C@H](C)/C=C/[C@H](CC)C(C)C)[C@@]5(C)CC[C@@H]43)C2)[C@@H](O)[C@H](O)[C@H]1O. The molecule has 4 fully saturated rings. The summed E-state index contributed by atoms with van der Waals surface area (Å²) in [6, 6.07) is 0. The van der Waals surface area contributed by atoms with Gasteiger partial charge in [-0.25, -0.2) is 0 Å². The monoisotopic (exact) mass is 841 g/mol. The number of aliphatic hydroxyl groups excluding tert-OH is 3. The summed E-state index contributed by atoms with van der Waals surface area (Å²) in [5, 5.41) is 32.5. The van der Waals surface area contributed by atoms with Crippen molar-refractivity contribution in [1.29, 1.82) is 0 Å².